The summed E-state index contributed by atoms with van der Waals surface area (Å²) in [5.74, 6) is 0.0463. The van der Waals surface area contributed by atoms with E-state index in [0.29, 0.717) is 12.0 Å². The fraction of sp³-hybridized carbons (Fsp3) is 0.100. The average Bonchev–Trinajstić information content (AvgIpc) is 2.65. The number of Topliss-reactive ketones (excluding diaryl/α,β-unsaturated/α-hetero) is 1. The first kappa shape index (κ1) is 10.4. The van der Waals surface area contributed by atoms with E-state index in [0.717, 1.165) is 8.66 Å². The molecule has 0 unspecified atom stereocenters. The third kappa shape index (κ3) is 2.70. The number of rotatable bonds is 3. The Bertz CT molecular complexity index is 469. The Kier molecular flexibility index (Phi) is 3.23. The average molecular weight is 283 g/mol. The minimum Gasteiger partial charge on any atom is -0.294 e. The number of halogens is 1. The minimum absolute atomic E-state index is 0.0463. The topological polar surface area (TPSA) is 42.9 Å². The lowest BCUT2D eigenvalue weighted by atomic mass is 10.1. The smallest absolute Gasteiger partial charge is 0.171 e. The molecule has 3 nitrogen and oxygen atoms in total. The number of nitrogens with zero attached hydrogens (tertiary/aromatic N) is 2. The second-order valence-electron chi connectivity index (χ2n) is 2.93. The summed E-state index contributed by atoms with van der Waals surface area (Å²) < 4.78 is 1.04. The van der Waals surface area contributed by atoms with E-state index in [1.165, 1.54) is 18.7 Å². The lowest BCUT2D eigenvalue weighted by Gasteiger charge is -1.96. The monoisotopic (exact) mass is 282 g/mol. The first-order chi connectivity index (χ1) is 7.25. The van der Waals surface area contributed by atoms with Gasteiger partial charge in [0.05, 0.1) is 9.35 Å². The van der Waals surface area contributed by atoms with Crippen molar-refractivity contribution in [2.24, 2.45) is 0 Å². The summed E-state index contributed by atoms with van der Waals surface area (Å²) in [7, 11) is 0. The van der Waals surface area contributed by atoms with Crippen molar-refractivity contribution in [3.63, 3.8) is 0 Å². The minimum atomic E-state index is 0.0463. The summed E-state index contributed by atoms with van der Waals surface area (Å²) in [5.41, 5.74) is 0.557. The van der Waals surface area contributed by atoms with Gasteiger partial charge in [0.2, 0.25) is 0 Å². The summed E-state index contributed by atoms with van der Waals surface area (Å²) in [4.78, 5) is 20.4. The van der Waals surface area contributed by atoms with Crippen LogP contribution >= 0.6 is 27.3 Å². The molecule has 2 rings (SSSR count). The third-order valence-corrected chi connectivity index (χ3v) is 3.47. The van der Waals surface area contributed by atoms with Gasteiger partial charge < -0.3 is 0 Å². The standard InChI is InChI=1S/C10H7BrN2OS/c11-10-2-1-8(15-10)3-9(14)7-4-12-6-13-5-7/h1-2,4-6H,3H2. The number of hydrogen-bond acceptors (Lipinski definition) is 4. The van der Waals surface area contributed by atoms with Crippen molar-refractivity contribution in [1.82, 2.24) is 9.97 Å². The number of carbonyl (C=O) groups excluding carboxylic acids is 1. The zero-order valence-corrected chi connectivity index (χ0v) is 10.1. The molecule has 0 fully saturated rings. The van der Waals surface area contributed by atoms with Gasteiger partial charge in [0.1, 0.15) is 6.33 Å². The van der Waals surface area contributed by atoms with Crippen LogP contribution in [-0.2, 0) is 6.42 Å². The quantitative estimate of drug-likeness (QED) is 0.813. The highest BCUT2D eigenvalue weighted by atomic mass is 79.9. The number of hydrogen-bond donors (Lipinski definition) is 0. The maximum absolute atomic E-state index is 11.7. The number of ketones is 1. The summed E-state index contributed by atoms with van der Waals surface area (Å²) in [6.45, 7) is 0. The number of aromatic nitrogens is 2. The lowest BCUT2D eigenvalue weighted by molar-refractivity contribution is 0.0993. The van der Waals surface area contributed by atoms with E-state index >= 15 is 0 Å². The van der Waals surface area contributed by atoms with Crippen LogP contribution in [0, 0.1) is 0 Å². The Morgan fingerprint density at radius 3 is 2.67 bits per heavy atom. The molecular weight excluding hydrogens is 276 g/mol. The highest BCUT2D eigenvalue weighted by Crippen LogP contribution is 2.23. The molecule has 5 heteroatoms. The molecule has 2 aromatic heterocycles. The van der Waals surface area contributed by atoms with Crippen LogP contribution in [0.4, 0.5) is 0 Å². The fourth-order valence-corrected chi connectivity index (χ4v) is 2.63. The van der Waals surface area contributed by atoms with Crippen molar-refractivity contribution in [3.8, 4) is 0 Å². The maximum atomic E-state index is 11.7. The molecule has 2 heterocycles. The van der Waals surface area contributed by atoms with Gasteiger partial charge in [-0.2, -0.15) is 0 Å². The van der Waals surface area contributed by atoms with Gasteiger partial charge in [0.25, 0.3) is 0 Å². The van der Waals surface area contributed by atoms with E-state index in [4.69, 9.17) is 0 Å². The van der Waals surface area contributed by atoms with Gasteiger partial charge in [-0.1, -0.05) is 0 Å². The SMILES string of the molecule is O=C(Cc1ccc(Br)s1)c1cncnc1. The van der Waals surface area contributed by atoms with E-state index in [1.54, 1.807) is 11.3 Å². The van der Waals surface area contributed by atoms with Crippen LogP contribution in [0.15, 0.2) is 34.6 Å². The number of carbonyl (C=O) groups is 1. The Morgan fingerprint density at radius 1 is 1.33 bits per heavy atom. The number of thiophene rings is 1. The summed E-state index contributed by atoms with van der Waals surface area (Å²) >= 11 is 4.93. The second-order valence-corrected chi connectivity index (χ2v) is 5.48. The van der Waals surface area contributed by atoms with Gasteiger partial charge in [0, 0.05) is 23.7 Å². The molecule has 0 amide bonds. The van der Waals surface area contributed by atoms with Gasteiger partial charge in [-0.25, -0.2) is 9.97 Å². The van der Waals surface area contributed by atoms with Gasteiger partial charge in [0.15, 0.2) is 5.78 Å². The summed E-state index contributed by atoms with van der Waals surface area (Å²) in [6, 6.07) is 3.88. The van der Waals surface area contributed by atoms with E-state index < -0.39 is 0 Å². The van der Waals surface area contributed by atoms with Crippen LogP contribution in [0.5, 0.6) is 0 Å². The van der Waals surface area contributed by atoms with Crippen molar-refractivity contribution in [1.29, 1.82) is 0 Å². The second kappa shape index (κ2) is 4.63. The fourth-order valence-electron chi connectivity index (χ4n) is 1.15. The molecule has 0 atom stereocenters. The van der Waals surface area contributed by atoms with Gasteiger partial charge in [-0.15, -0.1) is 11.3 Å². The lowest BCUT2D eigenvalue weighted by Crippen LogP contribution is -2.02. The molecule has 2 aromatic rings. The zero-order chi connectivity index (χ0) is 10.7. The molecule has 0 spiro atoms. The highest BCUT2D eigenvalue weighted by Gasteiger charge is 2.08. The summed E-state index contributed by atoms with van der Waals surface area (Å²) in [6.07, 6.45) is 4.90. The van der Waals surface area contributed by atoms with Gasteiger partial charge >= 0.3 is 0 Å². The molecule has 0 aliphatic carbocycles. The van der Waals surface area contributed by atoms with Crippen LogP contribution < -0.4 is 0 Å². The molecule has 0 saturated heterocycles. The molecule has 0 aromatic carbocycles. The van der Waals surface area contributed by atoms with Crippen LogP contribution in [0.25, 0.3) is 0 Å². The van der Waals surface area contributed by atoms with Crippen molar-refractivity contribution in [2.45, 2.75) is 6.42 Å². The largest absolute Gasteiger partial charge is 0.294 e. The zero-order valence-electron chi connectivity index (χ0n) is 7.68. The molecule has 0 N–H and O–H groups in total. The third-order valence-electron chi connectivity index (χ3n) is 1.85. The van der Waals surface area contributed by atoms with E-state index in [-0.39, 0.29) is 5.78 Å². The predicted molar refractivity (Wildman–Crippen MR) is 62.1 cm³/mol. The van der Waals surface area contributed by atoms with Gasteiger partial charge in [-0.05, 0) is 28.1 Å². The Labute approximate surface area is 99.3 Å². The normalized spacial score (nSPS) is 10.2. The van der Waals surface area contributed by atoms with Gasteiger partial charge in [-0.3, -0.25) is 4.79 Å². The molecule has 0 radical (unpaired) electrons. The predicted octanol–water partition coefficient (Wildman–Crippen LogP) is 2.73. The summed E-state index contributed by atoms with van der Waals surface area (Å²) in [5, 5.41) is 0. The van der Waals surface area contributed by atoms with Crippen LogP contribution in [-0.4, -0.2) is 15.8 Å². The van der Waals surface area contributed by atoms with Crippen LogP contribution in [0.3, 0.4) is 0 Å². The Balaban J connectivity index is 2.11. The molecule has 76 valence electrons. The van der Waals surface area contributed by atoms with Crippen molar-refractivity contribution >= 4 is 33.0 Å². The van der Waals surface area contributed by atoms with Crippen molar-refractivity contribution < 1.29 is 4.79 Å². The van der Waals surface area contributed by atoms with Crippen molar-refractivity contribution in [2.75, 3.05) is 0 Å². The van der Waals surface area contributed by atoms with Crippen molar-refractivity contribution in [3.05, 3.63) is 45.1 Å². The first-order valence-corrected chi connectivity index (χ1v) is 5.89. The van der Waals surface area contributed by atoms with Crippen LogP contribution in [0.1, 0.15) is 15.2 Å². The molecule has 0 aliphatic rings. The molecule has 0 saturated carbocycles. The molecule has 0 bridgehead atoms. The highest BCUT2D eigenvalue weighted by molar-refractivity contribution is 9.11. The Morgan fingerprint density at radius 2 is 2.07 bits per heavy atom. The Hall–Kier alpha value is -1.07. The first-order valence-electron chi connectivity index (χ1n) is 4.28. The maximum Gasteiger partial charge on any atom is 0.171 e. The molecule has 15 heavy (non-hydrogen) atoms. The van der Waals surface area contributed by atoms with Crippen LogP contribution in [0.2, 0.25) is 0 Å². The molecular formula is C10H7BrN2OS. The molecule has 0 aliphatic heterocycles. The van der Waals surface area contributed by atoms with E-state index in [1.807, 2.05) is 12.1 Å². The van der Waals surface area contributed by atoms with E-state index in [9.17, 15) is 4.79 Å². The van der Waals surface area contributed by atoms with E-state index in [2.05, 4.69) is 25.9 Å².